The molecule has 1 aliphatic rings. The summed E-state index contributed by atoms with van der Waals surface area (Å²) in [6, 6.07) is 5.69. The Hall–Kier alpha value is -3.36. The Bertz CT molecular complexity index is 949. The van der Waals surface area contributed by atoms with Gasteiger partial charge in [0.2, 0.25) is 11.9 Å². The summed E-state index contributed by atoms with van der Waals surface area (Å²) in [4.78, 5) is 33.5. The third-order valence-electron chi connectivity index (χ3n) is 5.16. The third-order valence-corrected chi connectivity index (χ3v) is 5.16. The van der Waals surface area contributed by atoms with Gasteiger partial charge in [-0.25, -0.2) is 29.9 Å². The van der Waals surface area contributed by atoms with Gasteiger partial charge in [0.05, 0.1) is 12.2 Å². The summed E-state index contributed by atoms with van der Waals surface area (Å²) in [5.41, 5.74) is 0.951. The molecule has 9 nitrogen and oxygen atoms in total. The van der Waals surface area contributed by atoms with Crippen molar-refractivity contribution in [1.82, 2.24) is 29.9 Å². The summed E-state index contributed by atoms with van der Waals surface area (Å²) in [6.45, 7) is 2.38. The van der Waals surface area contributed by atoms with E-state index in [-0.39, 0.29) is 5.92 Å². The van der Waals surface area contributed by atoms with Crippen molar-refractivity contribution in [2.45, 2.75) is 25.3 Å². The van der Waals surface area contributed by atoms with Gasteiger partial charge in [-0.05, 0) is 25.0 Å². The predicted octanol–water partition coefficient (Wildman–Crippen LogP) is 2.14. The summed E-state index contributed by atoms with van der Waals surface area (Å²) in [7, 11) is 5.98. The fourth-order valence-corrected chi connectivity index (χ4v) is 3.62. The van der Waals surface area contributed by atoms with Crippen molar-refractivity contribution in [2.75, 3.05) is 48.9 Å². The van der Waals surface area contributed by atoms with Gasteiger partial charge < -0.3 is 14.7 Å². The van der Waals surface area contributed by atoms with E-state index >= 15 is 0 Å². The highest BCUT2D eigenvalue weighted by Crippen LogP contribution is 2.28. The highest BCUT2D eigenvalue weighted by molar-refractivity contribution is 5.40. The molecule has 0 spiro atoms. The molecule has 1 saturated heterocycles. The van der Waals surface area contributed by atoms with Crippen LogP contribution >= 0.6 is 0 Å². The van der Waals surface area contributed by atoms with Crippen molar-refractivity contribution in [1.29, 1.82) is 0 Å². The predicted molar refractivity (Wildman–Crippen MR) is 117 cm³/mol. The number of rotatable bonds is 6. The zero-order chi connectivity index (χ0) is 20.9. The van der Waals surface area contributed by atoms with Gasteiger partial charge >= 0.3 is 0 Å². The van der Waals surface area contributed by atoms with Gasteiger partial charge in [0.1, 0.15) is 11.6 Å². The molecule has 0 N–H and O–H groups in total. The molecule has 4 heterocycles. The Balaban J connectivity index is 1.58. The molecule has 156 valence electrons. The Labute approximate surface area is 176 Å². The molecule has 0 aliphatic carbocycles. The Morgan fingerprint density at radius 1 is 0.967 bits per heavy atom. The van der Waals surface area contributed by atoms with E-state index < -0.39 is 0 Å². The van der Waals surface area contributed by atoms with Crippen LogP contribution in [-0.4, -0.2) is 64.1 Å². The van der Waals surface area contributed by atoms with Crippen molar-refractivity contribution in [2.24, 2.45) is 0 Å². The lowest BCUT2D eigenvalue weighted by Crippen LogP contribution is -2.36. The van der Waals surface area contributed by atoms with E-state index in [2.05, 4.69) is 24.8 Å². The second kappa shape index (κ2) is 8.98. The second-order valence-corrected chi connectivity index (χ2v) is 7.71. The summed E-state index contributed by atoms with van der Waals surface area (Å²) in [6.07, 6.45) is 9.18. The third kappa shape index (κ3) is 4.61. The Morgan fingerprint density at radius 3 is 2.37 bits per heavy atom. The molecule has 3 aromatic heterocycles. The molecule has 1 aliphatic heterocycles. The highest BCUT2D eigenvalue weighted by Gasteiger charge is 2.26. The lowest BCUT2D eigenvalue weighted by molar-refractivity contribution is 0.484. The van der Waals surface area contributed by atoms with E-state index in [1.165, 1.54) is 0 Å². The fourth-order valence-electron chi connectivity index (χ4n) is 3.62. The summed E-state index contributed by atoms with van der Waals surface area (Å²) < 4.78 is 0. The van der Waals surface area contributed by atoms with Crippen molar-refractivity contribution < 1.29 is 0 Å². The average Bonchev–Trinajstić information content (AvgIpc) is 2.80. The lowest BCUT2D eigenvalue weighted by atomic mass is 9.97. The van der Waals surface area contributed by atoms with E-state index in [1.54, 1.807) is 24.8 Å². The molecule has 0 aromatic carbocycles. The number of piperidine rings is 1. The van der Waals surface area contributed by atoms with E-state index in [0.29, 0.717) is 12.5 Å². The average molecular weight is 406 g/mol. The van der Waals surface area contributed by atoms with Crippen molar-refractivity contribution in [3.8, 4) is 0 Å². The number of aromatic nitrogens is 6. The first-order valence-electron chi connectivity index (χ1n) is 10.2. The van der Waals surface area contributed by atoms with Gasteiger partial charge in [-0.3, -0.25) is 0 Å². The first kappa shape index (κ1) is 19.9. The number of hydrogen-bond acceptors (Lipinski definition) is 9. The zero-order valence-corrected chi connectivity index (χ0v) is 17.7. The number of anilines is 3. The molecule has 0 radical (unpaired) electrons. The van der Waals surface area contributed by atoms with Crippen LogP contribution in [0.2, 0.25) is 0 Å². The molecule has 9 heteroatoms. The maximum atomic E-state index is 4.93. The summed E-state index contributed by atoms with van der Waals surface area (Å²) in [5.74, 6) is 3.46. The molecule has 1 fully saturated rings. The SMILES string of the molecule is CN(C)c1cc(CN(C)c2ncccn2)nc(C2CCCN(c3ncccn3)C2)n1. The maximum absolute atomic E-state index is 4.93. The van der Waals surface area contributed by atoms with Crippen molar-refractivity contribution in [3.05, 3.63) is 54.5 Å². The molecule has 0 saturated carbocycles. The van der Waals surface area contributed by atoms with Crippen LogP contribution in [0.4, 0.5) is 17.7 Å². The van der Waals surface area contributed by atoms with Gasteiger partial charge in [0.25, 0.3) is 0 Å². The number of nitrogens with zero attached hydrogens (tertiary/aromatic N) is 9. The minimum absolute atomic E-state index is 0.236. The van der Waals surface area contributed by atoms with Gasteiger partial charge in [-0.1, -0.05) is 0 Å². The van der Waals surface area contributed by atoms with Gasteiger partial charge in [-0.15, -0.1) is 0 Å². The van der Waals surface area contributed by atoms with Crippen LogP contribution in [0.15, 0.2) is 43.0 Å². The molecule has 3 aromatic rings. The summed E-state index contributed by atoms with van der Waals surface area (Å²) >= 11 is 0. The monoisotopic (exact) mass is 405 g/mol. The van der Waals surface area contributed by atoms with Crippen LogP contribution in [0.25, 0.3) is 0 Å². The van der Waals surface area contributed by atoms with Gasteiger partial charge in [-0.2, -0.15) is 0 Å². The van der Waals surface area contributed by atoms with Gasteiger partial charge in [0, 0.05) is 71.0 Å². The molecule has 1 unspecified atom stereocenters. The molecule has 4 rings (SSSR count). The molecular weight excluding hydrogens is 378 g/mol. The summed E-state index contributed by atoms with van der Waals surface area (Å²) in [5, 5.41) is 0. The Kier molecular flexibility index (Phi) is 5.97. The molecule has 30 heavy (non-hydrogen) atoms. The van der Waals surface area contributed by atoms with Crippen LogP contribution < -0.4 is 14.7 Å². The van der Waals surface area contributed by atoms with Crippen LogP contribution in [0, 0.1) is 0 Å². The van der Waals surface area contributed by atoms with Crippen LogP contribution in [0.3, 0.4) is 0 Å². The maximum Gasteiger partial charge on any atom is 0.225 e. The topological polar surface area (TPSA) is 87.1 Å². The Morgan fingerprint density at radius 2 is 1.67 bits per heavy atom. The van der Waals surface area contributed by atoms with Crippen molar-refractivity contribution in [3.63, 3.8) is 0 Å². The first-order valence-corrected chi connectivity index (χ1v) is 10.2. The molecule has 0 bridgehead atoms. The van der Waals surface area contributed by atoms with E-state index in [0.717, 1.165) is 49.2 Å². The van der Waals surface area contributed by atoms with Crippen LogP contribution in [0.1, 0.15) is 30.3 Å². The van der Waals surface area contributed by atoms with Gasteiger partial charge in [0.15, 0.2) is 0 Å². The zero-order valence-electron chi connectivity index (χ0n) is 17.7. The smallest absolute Gasteiger partial charge is 0.225 e. The van der Waals surface area contributed by atoms with Crippen LogP contribution in [0.5, 0.6) is 0 Å². The highest BCUT2D eigenvalue weighted by atomic mass is 15.3. The van der Waals surface area contributed by atoms with Crippen LogP contribution in [-0.2, 0) is 6.54 Å². The number of hydrogen-bond donors (Lipinski definition) is 0. The van der Waals surface area contributed by atoms with Crippen molar-refractivity contribution >= 4 is 17.7 Å². The van der Waals surface area contributed by atoms with E-state index in [9.17, 15) is 0 Å². The molecule has 1 atom stereocenters. The molecular formula is C21H27N9. The fraction of sp³-hybridized carbons (Fsp3) is 0.429. The quantitative estimate of drug-likeness (QED) is 0.612. The minimum Gasteiger partial charge on any atom is -0.363 e. The standard InChI is InChI=1S/C21H27N9/c1-28(2)18-13-17(15-29(3)20-22-8-5-9-23-20)26-19(27-18)16-7-4-12-30(14-16)21-24-10-6-11-25-21/h5-6,8-11,13,16H,4,7,12,14-15H2,1-3H3. The normalized spacial score (nSPS) is 16.4. The lowest BCUT2D eigenvalue weighted by Gasteiger charge is -2.32. The van der Waals surface area contributed by atoms with E-state index in [1.807, 2.05) is 49.1 Å². The second-order valence-electron chi connectivity index (χ2n) is 7.71. The minimum atomic E-state index is 0.236. The van der Waals surface area contributed by atoms with E-state index in [4.69, 9.17) is 9.97 Å². The first-order chi connectivity index (χ1) is 14.6. The largest absolute Gasteiger partial charge is 0.363 e. The molecule has 0 amide bonds.